The fourth-order valence-electron chi connectivity index (χ4n) is 4.35. The van der Waals surface area contributed by atoms with Crippen molar-refractivity contribution >= 4 is 50.8 Å². The molecule has 0 spiro atoms. The second-order valence-corrected chi connectivity index (χ2v) is 9.87. The number of fused-ring (bicyclic) bond motifs is 2. The number of esters is 1. The van der Waals surface area contributed by atoms with Crippen molar-refractivity contribution in [3.8, 4) is 11.3 Å². The van der Waals surface area contributed by atoms with Crippen LogP contribution in [0.4, 0.5) is 5.13 Å². The van der Waals surface area contributed by atoms with Crippen LogP contribution < -0.4 is 5.32 Å². The van der Waals surface area contributed by atoms with Gasteiger partial charge in [0.1, 0.15) is 0 Å². The van der Waals surface area contributed by atoms with Crippen LogP contribution in [0.1, 0.15) is 35.5 Å². The summed E-state index contributed by atoms with van der Waals surface area (Å²) in [5.74, 6) is -0.979. The van der Waals surface area contributed by atoms with Crippen molar-refractivity contribution in [1.82, 2.24) is 14.9 Å². The van der Waals surface area contributed by atoms with E-state index in [4.69, 9.17) is 21.3 Å². The Morgan fingerprint density at radius 3 is 2.75 bits per heavy atom. The van der Waals surface area contributed by atoms with E-state index >= 15 is 0 Å². The molecule has 1 N–H and O–H groups in total. The van der Waals surface area contributed by atoms with Crippen molar-refractivity contribution in [1.29, 1.82) is 0 Å². The monoisotopic (exact) mass is 520 g/mol. The topological polar surface area (TPSA) is 84.4 Å². The molecule has 0 radical (unpaired) electrons. The van der Waals surface area contributed by atoms with Crippen LogP contribution in [0.2, 0.25) is 5.02 Å². The molecule has 1 amide bonds. The first-order valence-corrected chi connectivity index (χ1v) is 13.1. The Morgan fingerprint density at radius 2 is 1.94 bits per heavy atom. The van der Waals surface area contributed by atoms with Crippen LogP contribution >= 0.6 is 22.9 Å². The first-order valence-electron chi connectivity index (χ1n) is 11.8. The van der Waals surface area contributed by atoms with Gasteiger partial charge in [-0.05, 0) is 25.6 Å². The van der Waals surface area contributed by atoms with Gasteiger partial charge in [-0.15, -0.1) is 11.3 Å². The molecule has 1 aliphatic heterocycles. The van der Waals surface area contributed by atoms with Crippen LogP contribution in [0.25, 0.3) is 22.2 Å². The van der Waals surface area contributed by atoms with Gasteiger partial charge in [0.05, 0.1) is 16.8 Å². The average molecular weight is 521 g/mol. The fourth-order valence-corrected chi connectivity index (χ4v) is 5.30. The van der Waals surface area contributed by atoms with Crippen molar-refractivity contribution in [2.24, 2.45) is 0 Å². The molecule has 36 heavy (non-hydrogen) atoms. The first-order chi connectivity index (χ1) is 17.4. The van der Waals surface area contributed by atoms with Gasteiger partial charge in [-0.3, -0.25) is 20.0 Å². The van der Waals surface area contributed by atoms with Gasteiger partial charge in [0.2, 0.25) is 0 Å². The van der Waals surface area contributed by atoms with Crippen molar-refractivity contribution in [3.63, 3.8) is 0 Å². The Morgan fingerprint density at radius 1 is 1.17 bits per heavy atom. The maximum absolute atomic E-state index is 13.4. The molecule has 0 aliphatic carbocycles. The Balaban J connectivity index is 1.35. The van der Waals surface area contributed by atoms with E-state index < -0.39 is 18.0 Å². The lowest BCUT2D eigenvalue weighted by Crippen LogP contribution is -2.34. The van der Waals surface area contributed by atoms with Crippen LogP contribution in [0, 0.1) is 0 Å². The number of ether oxygens (including phenoxy) is 1. The largest absolute Gasteiger partial charge is 0.449 e. The number of likely N-dealkylation sites (N-methyl/N-ethyl adjacent to an activating group) is 1. The van der Waals surface area contributed by atoms with Gasteiger partial charge < -0.3 is 4.74 Å². The summed E-state index contributed by atoms with van der Waals surface area (Å²) >= 11 is 7.54. The van der Waals surface area contributed by atoms with Gasteiger partial charge in [-0.2, -0.15) is 0 Å². The molecular formula is C27H25ClN4O3S. The maximum atomic E-state index is 13.4. The van der Waals surface area contributed by atoms with Gasteiger partial charge in [0.15, 0.2) is 11.2 Å². The van der Waals surface area contributed by atoms with Gasteiger partial charge in [-0.1, -0.05) is 54.9 Å². The SMILES string of the molecule is CCN1CCc2nc3ccccc3c(C(=O)OC(C)C(=O)Nc3nc(-c4ccccc4Cl)cs3)c2C1. The van der Waals surface area contributed by atoms with E-state index in [1.807, 2.05) is 47.8 Å². The minimum absolute atomic E-state index is 0.406. The van der Waals surface area contributed by atoms with E-state index in [1.165, 1.54) is 11.3 Å². The molecule has 2 aromatic carbocycles. The highest BCUT2D eigenvalue weighted by Crippen LogP contribution is 2.31. The highest BCUT2D eigenvalue weighted by atomic mass is 35.5. The molecule has 4 aromatic rings. The molecule has 0 saturated heterocycles. The number of rotatable bonds is 6. The number of nitrogens with one attached hydrogen (secondary N) is 1. The van der Waals surface area contributed by atoms with Gasteiger partial charge in [0.25, 0.3) is 5.91 Å². The molecule has 3 heterocycles. The Bertz CT molecular complexity index is 1450. The van der Waals surface area contributed by atoms with Gasteiger partial charge in [-0.25, -0.2) is 9.78 Å². The zero-order chi connectivity index (χ0) is 25.2. The molecule has 0 saturated carbocycles. The highest BCUT2D eigenvalue weighted by Gasteiger charge is 2.28. The van der Waals surface area contributed by atoms with Crippen LogP contribution in [-0.4, -0.2) is 45.9 Å². The molecule has 1 unspecified atom stereocenters. The average Bonchev–Trinajstić information content (AvgIpc) is 3.35. The number of aromatic nitrogens is 2. The van der Waals surface area contributed by atoms with E-state index in [0.29, 0.717) is 28.0 Å². The first kappa shape index (κ1) is 24.4. The molecule has 0 fully saturated rings. The number of hydrogen-bond acceptors (Lipinski definition) is 7. The van der Waals surface area contributed by atoms with Crippen molar-refractivity contribution in [3.05, 3.63) is 75.8 Å². The number of hydrogen-bond donors (Lipinski definition) is 1. The van der Waals surface area contributed by atoms with Crippen LogP contribution in [0.5, 0.6) is 0 Å². The third-order valence-corrected chi connectivity index (χ3v) is 7.40. The number of amides is 1. The summed E-state index contributed by atoms with van der Waals surface area (Å²) in [5.41, 5.74) is 4.48. The molecule has 9 heteroatoms. The Hall–Kier alpha value is -3.33. The van der Waals surface area contributed by atoms with Crippen molar-refractivity contribution in [2.45, 2.75) is 32.9 Å². The summed E-state index contributed by atoms with van der Waals surface area (Å²) in [5, 5.41) is 6.29. The number of pyridine rings is 1. The van der Waals surface area contributed by atoms with Gasteiger partial charge in [0, 0.05) is 52.1 Å². The predicted octanol–water partition coefficient (Wildman–Crippen LogP) is 5.57. The number of nitrogens with zero attached hydrogens (tertiary/aromatic N) is 3. The lowest BCUT2D eigenvalue weighted by Gasteiger charge is -2.29. The number of thiazole rings is 1. The quantitative estimate of drug-likeness (QED) is 0.334. The van der Waals surface area contributed by atoms with Crippen LogP contribution in [0.3, 0.4) is 0 Å². The maximum Gasteiger partial charge on any atom is 0.339 e. The fraction of sp³-hybridized carbons (Fsp3) is 0.259. The number of halogens is 1. The lowest BCUT2D eigenvalue weighted by atomic mass is 9.95. The number of carbonyl (C=O) groups is 2. The van der Waals surface area contributed by atoms with Crippen LogP contribution in [0.15, 0.2) is 53.9 Å². The molecule has 184 valence electrons. The lowest BCUT2D eigenvalue weighted by molar-refractivity contribution is -0.123. The smallest absolute Gasteiger partial charge is 0.339 e. The Kier molecular flexibility index (Phi) is 7.00. The minimum Gasteiger partial charge on any atom is -0.449 e. The standard InChI is InChI=1S/C27H25ClN4O3S/c1-3-32-13-12-22-19(14-32)24(18-9-5-7-11-21(18)29-22)26(34)35-16(2)25(33)31-27-30-23(15-36-27)17-8-4-6-10-20(17)28/h4-11,15-16H,3,12-14H2,1-2H3,(H,30,31,33). The molecule has 0 bridgehead atoms. The number of carbonyl (C=O) groups excluding carboxylic acids is 2. The normalized spacial score (nSPS) is 14.3. The van der Waals surface area contributed by atoms with E-state index in [2.05, 4.69) is 22.1 Å². The summed E-state index contributed by atoms with van der Waals surface area (Å²) in [6, 6.07) is 14.9. The number of para-hydroxylation sites is 1. The molecular weight excluding hydrogens is 496 g/mol. The third-order valence-electron chi connectivity index (χ3n) is 6.31. The zero-order valence-electron chi connectivity index (χ0n) is 20.0. The summed E-state index contributed by atoms with van der Waals surface area (Å²) in [6.07, 6.45) is -0.249. The zero-order valence-corrected chi connectivity index (χ0v) is 21.5. The van der Waals surface area contributed by atoms with Crippen LogP contribution in [-0.2, 0) is 22.5 Å². The molecule has 7 nitrogen and oxygen atoms in total. The number of benzene rings is 2. The van der Waals surface area contributed by atoms with Gasteiger partial charge >= 0.3 is 5.97 Å². The summed E-state index contributed by atoms with van der Waals surface area (Å²) in [7, 11) is 0. The summed E-state index contributed by atoms with van der Waals surface area (Å²) in [6.45, 7) is 6.05. The van der Waals surface area contributed by atoms with E-state index in [9.17, 15) is 9.59 Å². The van der Waals surface area contributed by atoms with Crippen molar-refractivity contribution < 1.29 is 14.3 Å². The molecule has 5 rings (SSSR count). The van der Waals surface area contributed by atoms with E-state index in [0.717, 1.165) is 47.2 Å². The third kappa shape index (κ3) is 4.84. The van der Waals surface area contributed by atoms with Crippen molar-refractivity contribution in [2.75, 3.05) is 18.4 Å². The summed E-state index contributed by atoms with van der Waals surface area (Å²) in [4.78, 5) is 37.9. The highest BCUT2D eigenvalue weighted by molar-refractivity contribution is 7.14. The Labute approximate surface area is 218 Å². The predicted molar refractivity (Wildman–Crippen MR) is 142 cm³/mol. The minimum atomic E-state index is -1.02. The molecule has 1 atom stereocenters. The molecule has 2 aromatic heterocycles. The second-order valence-electron chi connectivity index (χ2n) is 8.60. The van der Waals surface area contributed by atoms with E-state index in [1.54, 1.807) is 13.0 Å². The summed E-state index contributed by atoms with van der Waals surface area (Å²) < 4.78 is 5.68. The molecule has 1 aliphatic rings. The second kappa shape index (κ2) is 10.3. The number of anilines is 1. The van der Waals surface area contributed by atoms with E-state index in [-0.39, 0.29) is 0 Å².